The second-order valence-corrected chi connectivity index (χ2v) is 8.29. The minimum absolute atomic E-state index is 0.0507. The zero-order chi connectivity index (χ0) is 14.2. The van der Waals surface area contributed by atoms with Crippen molar-refractivity contribution in [3.63, 3.8) is 0 Å². The van der Waals surface area contributed by atoms with Crippen LogP contribution in [0, 0.1) is 0 Å². The summed E-state index contributed by atoms with van der Waals surface area (Å²) in [5.74, 6) is 0.385. The zero-order valence-corrected chi connectivity index (χ0v) is 12.6. The second-order valence-electron chi connectivity index (χ2n) is 4.91. The van der Waals surface area contributed by atoms with Crippen LogP contribution in [-0.4, -0.2) is 42.1 Å². The number of hydrogen-bond donors (Lipinski definition) is 1. The smallest absolute Gasteiger partial charge is 0.177 e. The van der Waals surface area contributed by atoms with Gasteiger partial charge in [0.1, 0.15) is 0 Å². The van der Waals surface area contributed by atoms with E-state index in [1.165, 1.54) is 11.8 Å². The Morgan fingerprint density at radius 2 is 2.10 bits per heavy atom. The maximum Gasteiger partial charge on any atom is 0.177 e. The van der Waals surface area contributed by atoms with E-state index in [1.54, 1.807) is 0 Å². The van der Waals surface area contributed by atoms with Gasteiger partial charge in [0.25, 0.3) is 0 Å². The lowest BCUT2D eigenvalue weighted by Crippen LogP contribution is -2.17. The largest absolute Gasteiger partial charge is 0.256 e. The molecule has 2 aliphatic heterocycles. The Hall–Kier alpha value is -1.34. The Bertz CT molecular complexity index is 668. The van der Waals surface area contributed by atoms with Crippen LogP contribution < -0.4 is 5.43 Å². The van der Waals surface area contributed by atoms with Crippen molar-refractivity contribution < 1.29 is 8.42 Å². The second kappa shape index (κ2) is 5.21. The average Bonchev–Trinajstić information content (AvgIpc) is 2.90. The number of amidine groups is 1. The zero-order valence-electron chi connectivity index (χ0n) is 11.0. The van der Waals surface area contributed by atoms with E-state index in [0.717, 1.165) is 11.3 Å². The topological polar surface area (TPSA) is 70.9 Å². The minimum Gasteiger partial charge on any atom is -0.256 e. The molecular weight excluding hydrogens is 294 g/mol. The fraction of sp³-hybridized carbons (Fsp3) is 0.385. The molecule has 2 atom stereocenters. The van der Waals surface area contributed by atoms with Crippen molar-refractivity contribution in [3.8, 4) is 0 Å². The fourth-order valence-electron chi connectivity index (χ4n) is 2.29. The van der Waals surface area contributed by atoms with Gasteiger partial charge in [-0.3, -0.25) is 10.4 Å². The summed E-state index contributed by atoms with van der Waals surface area (Å²) >= 11 is 1.47. The highest BCUT2D eigenvalue weighted by Gasteiger charge is 2.42. The molecule has 0 bridgehead atoms. The molecule has 2 unspecified atom stereocenters. The summed E-state index contributed by atoms with van der Waals surface area (Å²) in [5, 5.41) is 5.07. The third kappa shape index (κ3) is 2.88. The molecule has 1 fully saturated rings. The predicted molar refractivity (Wildman–Crippen MR) is 83.0 cm³/mol. The Balaban J connectivity index is 1.66. The quantitative estimate of drug-likeness (QED) is 0.660. The summed E-state index contributed by atoms with van der Waals surface area (Å²) in [7, 11) is -2.89. The highest BCUT2D eigenvalue weighted by molar-refractivity contribution is 8.15. The summed E-state index contributed by atoms with van der Waals surface area (Å²) in [6, 6.07) is 9.76. The van der Waals surface area contributed by atoms with Gasteiger partial charge >= 0.3 is 0 Å². The number of aliphatic imine (C=N–C) groups is 1. The van der Waals surface area contributed by atoms with Gasteiger partial charge < -0.3 is 0 Å². The first-order valence-electron chi connectivity index (χ1n) is 6.34. The van der Waals surface area contributed by atoms with E-state index in [4.69, 9.17) is 0 Å². The van der Waals surface area contributed by atoms with Crippen LogP contribution in [0.4, 0.5) is 0 Å². The fourth-order valence-corrected chi connectivity index (χ4v) is 5.88. The molecule has 0 aromatic heterocycles. The molecule has 5 nitrogen and oxygen atoms in total. The molecule has 2 heterocycles. The van der Waals surface area contributed by atoms with Crippen molar-refractivity contribution in [2.24, 2.45) is 10.1 Å². The molecule has 3 rings (SSSR count). The van der Waals surface area contributed by atoms with E-state index in [9.17, 15) is 8.42 Å². The summed E-state index contributed by atoms with van der Waals surface area (Å²) < 4.78 is 22.9. The summed E-state index contributed by atoms with van der Waals surface area (Å²) in [5.41, 5.74) is 4.86. The number of benzene rings is 1. The molecule has 1 saturated heterocycles. The molecule has 2 aliphatic rings. The Morgan fingerprint density at radius 3 is 2.80 bits per heavy atom. The SMILES string of the molecule is C/C(=N\NC1=NC2CS(=O)(=O)CC2S1)c1ccccc1. The first-order valence-corrected chi connectivity index (χ1v) is 9.04. The van der Waals surface area contributed by atoms with Gasteiger partial charge in [-0.1, -0.05) is 42.1 Å². The normalized spacial score (nSPS) is 28.1. The van der Waals surface area contributed by atoms with Gasteiger partial charge in [0, 0.05) is 5.25 Å². The summed E-state index contributed by atoms with van der Waals surface area (Å²) in [6.45, 7) is 1.92. The highest BCUT2D eigenvalue weighted by atomic mass is 32.2. The van der Waals surface area contributed by atoms with Crippen molar-refractivity contribution in [2.45, 2.75) is 18.2 Å². The van der Waals surface area contributed by atoms with E-state index >= 15 is 0 Å². The number of nitrogens with one attached hydrogen (secondary N) is 1. The lowest BCUT2D eigenvalue weighted by atomic mass is 10.1. The van der Waals surface area contributed by atoms with Crippen LogP contribution in [0.25, 0.3) is 0 Å². The molecule has 1 aromatic rings. The predicted octanol–water partition coefficient (Wildman–Crippen LogP) is 1.27. The van der Waals surface area contributed by atoms with E-state index in [2.05, 4.69) is 15.5 Å². The van der Waals surface area contributed by atoms with Crippen molar-refractivity contribution in [3.05, 3.63) is 35.9 Å². The van der Waals surface area contributed by atoms with E-state index in [0.29, 0.717) is 5.17 Å². The molecule has 0 aliphatic carbocycles. The first kappa shape index (κ1) is 13.6. The van der Waals surface area contributed by atoms with Crippen molar-refractivity contribution in [1.82, 2.24) is 5.43 Å². The summed E-state index contributed by atoms with van der Waals surface area (Å²) in [6.07, 6.45) is 0. The van der Waals surface area contributed by atoms with Gasteiger partial charge in [0.05, 0.1) is 23.3 Å². The third-order valence-electron chi connectivity index (χ3n) is 3.33. The average molecular weight is 309 g/mol. The van der Waals surface area contributed by atoms with Gasteiger partial charge in [-0.25, -0.2) is 8.42 Å². The Labute approximate surface area is 122 Å². The van der Waals surface area contributed by atoms with Gasteiger partial charge in [-0.2, -0.15) is 5.10 Å². The van der Waals surface area contributed by atoms with Gasteiger partial charge in [-0.15, -0.1) is 0 Å². The molecule has 0 saturated carbocycles. The molecule has 7 heteroatoms. The van der Waals surface area contributed by atoms with Crippen LogP contribution >= 0.6 is 11.8 Å². The van der Waals surface area contributed by atoms with Crippen LogP contribution in [-0.2, 0) is 9.84 Å². The van der Waals surface area contributed by atoms with Gasteiger partial charge in [-0.05, 0) is 12.5 Å². The van der Waals surface area contributed by atoms with E-state index in [-0.39, 0.29) is 22.8 Å². The number of thioether (sulfide) groups is 1. The number of hydrogen-bond acceptors (Lipinski definition) is 6. The standard InChI is InChI=1S/C13H15N3O2S2/c1-9(10-5-3-2-4-6-10)15-16-13-14-11-7-20(17,18)8-12(11)19-13/h2-6,11-12H,7-8H2,1H3,(H,14,16)/b15-9+. The monoisotopic (exact) mass is 309 g/mol. The van der Waals surface area contributed by atoms with Crippen LogP contribution in [0.3, 0.4) is 0 Å². The molecule has 0 amide bonds. The summed E-state index contributed by atoms with van der Waals surface area (Å²) in [4.78, 5) is 4.39. The maximum atomic E-state index is 11.5. The number of sulfone groups is 1. The highest BCUT2D eigenvalue weighted by Crippen LogP contribution is 2.33. The Morgan fingerprint density at radius 1 is 1.35 bits per heavy atom. The third-order valence-corrected chi connectivity index (χ3v) is 6.46. The number of nitrogens with zero attached hydrogens (tertiary/aromatic N) is 2. The maximum absolute atomic E-state index is 11.5. The van der Waals surface area contributed by atoms with Crippen molar-refractivity contribution in [1.29, 1.82) is 0 Å². The van der Waals surface area contributed by atoms with Crippen LogP contribution in [0.2, 0.25) is 0 Å². The molecule has 1 aromatic carbocycles. The Kier molecular flexibility index (Phi) is 3.55. The van der Waals surface area contributed by atoms with Crippen LogP contribution in [0.15, 0.2) is 40.4 Å². The number of fused-ring (bicyclic) bond motifs is 1. The van der Waals surface area contributed by atoms with Gasteiger partial charge in [0.15, 0.2) is 15.0 Å². The van der Waals surface area contributed by atoms with Gasteiger partial charge in [0.2, 0.25) is 0 Å². The van der Waals surface area contributed by atoms with E-state index < -0.39 is 9.84 Å². The molecule has 106 valence electrons. The molecule has 1 N–H and O–H groups in total. The lowest BCUT2D eigenvalue weighted by molar-refractivity contribution is 0.601. The molecular formula is C13H15N3O2S2. The molecule has 0 spiro atoms. The number of hydrazone groups is 1. The minimum atomic E-state index is -2.89. The lowest BCUT2D eigenvalue weighted by Gasteiger charge is -2.04. The van der Waals surface area contributed by atoms with Crippen LogP contribution in [0.5, 0.6) is 0 Å². The van der Waals surface area contributed by atoms with Crippen LogP contribution in [0.1, 0.15) is 12.5 Å². The van der Waals surface area contributed by atoms with E-state index in [1.807, 2.05) is 37.3 Å². The molecule has 20 heavy (non-hydrogen) atoms. The number of rotatable bonds is 2. The molecule has 0 radical (unpaired) electrons. The van der Waals surface area contributed by atoms with Crippen molar-refractivity contribution >= 4 is 32.5 Å². The van der Waals surface area contributed by atoms with Crippen molar-refractivity contribution in [2.75, 3.05) is 11.5 Å². The first-order chi connectivity index (χ1) is 9.53.